The third-order valence-electron chi connectivity index (χ3n) is 3.17. The number of nitriles is 1. The van der Waals surface area contributed by atoms with Crippen LogP contribution in [0, 0.1) is 11.3 Å². The van der Waals surface area contributed by atoms with Crippen molar-refractivity contribution in [3.63, 3.8) is 0 Å². The zero-order valence-corrected chi connectivity index (χ0v) is 11.2. The standard InChI is InChI=1S/C16H17N3/c1-12(18)14-6-8-15(9-7-14)19(2)16-5-3-4-13(10-16)11-17/h3-10,12H,18H2,1-2H3/t12-/m1/s1. The van der Waals surface area contributed by atoms with E-state index in [1.54, 1.807) is 6.07 Å². The summed E-state index contributed by atoms with van der Waals surface area (Å²) in [6, 6.07) is 17.9. The van der Waals surface area contributed by atoms with Crippen molar-refractivity contribution in [3.05, 3.63) is 59.7 Å². The highest BCUT2D eigenvalue weighted by Crippen LogP contribution is 2.25. The molecule has 0 aliphatic rings. The normalized spacial score (nSPS) is 11.7. The molecule has 0 aromatic heterocycles. The van der Waals surface area contributed by atoms with E-state index >= 15 is 0 Å². The molecule has 3 nitrogen and oxygen atoms in total. The molecule has 0 radical (unpaired) electrons. The first kappa shape index (κ1) is 13.1. The molecule has 19 heavy (non-hydrogen) atoms. The van der Waals surface area contributed by atoms with Gasteiger partial charge in [0.15, 0.2) is 0 Å². The fourth-order valence-electron chi connectivity index (χ4n) is 1.93. The second-order valence-corrected chi connectivity index (χ2v) is 4.60. The zero-order valence-electron chi connectivity index (χ0n) is 11.2. The first-order valence-corrected chi connectivity index (χ1v) is 6.21. The van der Waals surface area contributed by atoms with Crippen LogP contribution in [-0.2, 0) is 0 Å². The lowest BCUT2D eigenvalue weighted by atomic mass is 10.1. The molecule has 0 aliphatic carbocycles. The second kappa shape index (κ2) is 5.55. The summed E-state index contributed by atoms with van der Waals surface area (Å²) in [5, 5.41) is 8.93. The Labute approximate surface area is 113 Å². The molecule has 0 fully saturated rings. The second-order valence-electron chi connectivity index (χ2n) is 4.60. The van der Waals surface area contributed by atoms with Gasteiger partial charge in [-0.1, -0.05) is 18.2 Å². The van der Waals surface area contributed by atoms with E-state index in [4.69, 9.17) is 11.0 Å². The molecule has 2 N–H and O–H groups in total. The lowest BCUT2D eigenvalue weighted by molar-refractivity contribution is 0.818. The summed E-state index contributed by atoms with van der Waals surface area (Å²) in [5.41, 5.74) is 9.68. The molecule has 0 spiro atoms. The molecule has 2 aromatic rings. The fraction of sp³-hybridized carbons (Fsp3) is 0.188. The minimum Gasteiger partial charge on any atom is -0.345 e. The van der Waals surface area contributed by atoms with Gasteiger partial charge in [-0.3, -0.25) is 0 Å². The van der Waals surface area contributed by atoms with E-state index in [-0.39, 0.29) is 6.04 Å². The molecule has 0 bridgehead atoms. The van der Waals surface area contributed by atoms with E-state index in [2.05, 4.69) is 6.07 Å². The third-order valence-corrected chi connectivity index (χ3v) is 3.17. The van der Waals surface area contributed by atoms with Gasteiger partial charge in [0.25, 0.3) is 0 Å². The molecular formula is C16H17N3. The molecule has 96 valence electrons. The van der Waals surface area contributed by atoms with Crippen molar-refractivity contribution in [3.8, 4) is 6.07 Å². The Morgan fingerprint density at radius 1 is 1.11 bits per heavy atom. The highest BCUT2D eigenvalue weighted by molar-refractivity contribution is 5.64. The van der Waals surface area contributed by atoms with Crippen LogP contribution in [0.5, 0.6) is 0 Å². The van der Waals surface area contributed by atoms with Gasteiger partial charge < -0.3 is 10.6 Å². The largest absolute Gasteiger partial charge is 0.345 e. The van der Waals surface area contributed by atoms with E-state index in [1.165, 1.54) is 0 Å². The lowest BCUT2D eigenvalue weighted by Gasteiger charge is -2.20. The van der Waals surface area contributed by atoms with E-state index in [9.17, 15) is 0 Å². The molecular weight excluding hydrogens is 234 g/mol. The Hall–Kier alpha value is -2.31. The van der Waals surface area contributed by atoms with Crippen LogP contribution in [0.3, 0.4) is 0 Å². The number of hydrogen-bond acceptors (Lipinski definition) is 3. The van der Waals surface area contributed by atoms with Crippen molar-refractivity contribution in [2.75, 3.05) is 11.9 Å². The predicted octanol–water partition coefficient (Wildman–Crippen LogP) is 3.35. The van der Waals surface area contributed by atoms with Crippen molar-refractivity contribution in [2.24, 2.45) is 5.73 Å². The molecule has 0 saturated heterocycles. The first-order valence-electron chi connectivity index (χ1n) is 6.21. The predicted molar refractivity (Wildman–Crippen MR) is 78.3 cm³/mol. The van der Waals surface area contributed by atoms with Gasteiger partial charge in [-0.25, -0.2) is 0 Å². The molecule has 0 amide bonds. The summed E-state index contributed by atoms with van der Waals surface area (Å²) in [4.78, 5) is 2.05. The van der Waals surface area contributed by atoms with Gasteiger partial charge in [0, 0.05) is 24.5 Å². The minimum atomic E-state index is 0.0428. The topological polar surface area (TPSA) is 53.0 Å². The molecule has 2 rings (SSSR count). The van der Waals surface area contributed by atoms with E-state index in [0.29, 0.717) is 5.56 Å². The Kier molecular flexibility index (Phi) is 3.84. The van der Waals surface area contributed by atoms with Crippen molar-refractivity contribution >= 4 is 11.4 Å². The number of hydrogen-bond donors (Lipinski definition) is 1. The molecule has 2 aromatic carbocycles. The van der Waals surface area contributed by atoms with Crippen LogP contribution in [0.2, 0.25) is 0 Å². The minimum absolute atomic E-state index is 0.0428. The van der Waals surface area contributed by atoms with E-state index < -0.39 is 0 Å². The Morgan fingerprint density at radius 3 is 2.37 bits per heavy atom. The molecule has 0 heterocycles. The molecule has 0 unspecified atom stereocenters. The quantitative estimate of drug-likeness (QED) is 0.910. The van der Waals surface area contributed by atoms with E-state index in [1.807, 2.05) is 61.3 Å². The van der Waals surface area contributed by atoms with Crippen LogP contribution in [0.4, 0.5) is 11.4 Å². The summed E-state index contributed by atoms with van der Waals surface area (Å²) in [5.74, 6) is 0. The average Bonchev–Trinajstić information content (AvgIpc) is 2.46. The van der Waals surface area contributed by atoms with Gasteiger partial charge in [0.05, 0.1) is 11.6 Å². The van der Waals surface area contributed by atoms with E-state index in [0.717, 1.165) is 16.9 Å². The smallest absolute Gasteiger partial charge is 0.0992 e. The monoisotopic (exact) mass is 251 g/mol. The summed E-state index contributed by atoms with van der Waals surface area (Å²) < 4.78 is 0. The number of nitrogens with zero attached hydrogens (tertiary/aromatic N) is 2. The molecule has 0 saturated carbocycles. The van der Waals surface area contributed by atoms with Crippen molar-refractivity contribution in [1.82, 2.24) is 0 Å². The van der Waals surface area contributed by atoms with Crippen LogP contribution in [0.1, 0.15) is 24.1 Å². The zero-order chi connectivity index (χ0) is 13.8. The van der Waals surface area contributed by atoms with Crippen LogP contribution < -0.4 is 10.6 Å². The maximum atomic E-state index is 8.93. The van der Waals surface area contributed by atoms with Crippen LogP contribution >= 0.6 is 0 Å². The van der Waals surface area contributed by atoms with Crippen molar-refractivity contribution < 1.29 is 0 Å². The Bertz CT molecular complexity index is 594. The highest BCUT2D eigenvalue weighted by Gasteiger charge is 2.05. The summed E-state index contributed by atoms with van der Waals surface area (Å²) in [7, 11) is 1.98. The maximum Gasteiger partial charge on any atom is 0.0992 e. The molecule has 1 atom stereocenters. The van der Waals surface area contributed by atoms with Gasteiger partial charge in [0.1, 0.15) is 0 Å². The van der Waals surface area contributed by atoms with Crippen LogP contribution in [0.15, 0.2) is 48.5 Å². The third kappa shape index (κ3) is 2.93. The summed E-state index contributed by atoms with van der Waals surface area (Å²) in [6.45, 7) is 1.97. The number of anilines is 2. The average molecular weight is 251 g/mol. The summed E-state index contributed by atoms with van der Waals surface area (Å²) in [6.07, 6.45) is 0. The van der Waals surface area contributed by atoms with Gasteiger partial charge in [-0.2, -0.15) is 5.26 Å². The molecule has 3 heteroatoms. The Morgan fingerprint density at radius 2 is 1.79 bits per heavy atom. The van der Waals surface area contributed by atoms with Gasteiger partial charge in [-0.05, 0) is 42.8 Å². The van der Waals surface area contributed by atoms with Gasteiger partial charge in [-0.15, -0.1) is 0 Å². The molecule has 0 aliphatic heterocycles. The van der Waals surface area contributed by atoms with Crippen molar-refractivity contribution in [2.45, 2.75) is 13.0 Å². The Balaban J connectivity index is 2.28. The van der Waals surface area contributed by atoms with Crippen LogP contribution in [0.25, 0.3) is 0 Å². The highest BCUT2D eigenvalue weighted by atomic mass is 15.1. The maximum absolute atomic E-state index is 8.93. The van der Waals surface area contributed by atoms with Gasteiger partial charge in [0.2, 0.25) is 0 Å². The lowest BCUT2D eigenvalue weighted by Crippen LogP contribution is -2.10. The van der Waals surface area contributed by atoms with Crippen molar-refractivity contribution in [1.29, 1.82) is 5.26 Å². The fourth-order valence-corrected chi connectivity index (χ4v) is 1.93. The number of nitrogens with two attached hydrogens (primary N) is 1. The number of rotatable bonds is 3. The summed E-state index contributed by atoms with van der Waals surface area (Å²) >= 11 is 0. The SMILES string of the molecule is C[C@@H](N)c1ccc(N(C)c2cccc(C#N)c2)cc1. The van der Waals surface area contributed by atoms with Crippen LogP contribution in [-0.4, -0.2) is 7.05 Å². The first-order chi connectivity index (χ1) is 9.11. The number of benzene rings is 2. The van der Waals surface area contributed by atoms with Gasteiger partial charge >= 0.3 is 0 Å².